The van der Waals surface area contributed by atoms with E-state index in [-0.39, 0.29) is 29.5 Å². The van der Waals surface area contributed by atoms with Gasteiger partial charge in [0.05, 0.1) is 12.2 Å². The zero-order valence-corrected chi connectivity index (χ0v) is 11.5. The zero-order valence-electron chi connectivity index (χ0n) is 10.7. The number of rotatable bonds is 3. The maximum Gasteiger partial charge on any atom is 0.246 e. The van der Waals surface area contributed by atoms with Crippen LogP contribution in [-0.4, -0.2) is 43.1 Å². The Bertz CT molecular complexity index is 567. The summed E-state index contributed by atoms with van der Waals surface area (Å²) in [6.07, 6.45) is 1.86. The normalized spacial score (nSPS) is 27.9. The van der Waals surface area contributed by atoms with Gasteiger partial charge in [-0.3, -0.25) is 0 Å². The standard InChI is InChI=1S/C12H17NO5S/c1-8-12(4-11(7-14)17-8)19(15,16)13-5-9-2-3-10(6-13)18-9/h4,9-10,14H,2-3,5-7H2,1H3. The predicted molar refractivity (Wildman–Crippen MR) is 66.0 cm³/mol. The van der Waals surface area contributed by atoms with Gasteiger partial charge in [0.25, 0.3) is 0 Å². The van der Waals surface area contributed by atoms with Gasteiger partial charge in [0.2, 0.25) is 10.0 Å². The molecule has 106 valence electrons. The molecule has 2 fully saturated rings. The highest BCUT2D eigenvalue weighted by molar-refractivity contribution is 7.89. The number of furan rings is 1. The molecule has 6 nitrogen and oxygen atoms in total. The number of sulfonamides is 1. The molecular formula is C12H17NO5S. The number of fused-ring (bicyclic) bond motifs is 2. The molecule has 2 saturated heterocycles. The molecule has 19 heavy (non-hydrogen) atoms. The molecule has 2 atom stereocenters. The molecule has 0 saturated carbocycles. The maximum absolute atomic E-state index is 12.6. The Hall–Kier alpha value is -0.890. The lowest BCUT2D eigenvalue weighted by Crippen LogP contribution is -2.45. The quantitative estimate of drug-likeness (QED) is 0.882. The highest BCUT2D eigenvalue weighted by Crippen LogP contribution is 2.31. The van der Waals surface area contributed by atoms with Crippen molar-refractivity contribution < 1.29 is 22.7 Å². The predicted octanol–water partition coefficient (Wildman–Crippen LogP) is 0.632. The lowest BCUT2D eigenvalue weighted by Gasteiger charge is -2.30. The fraction of sp³-hybridized carbons (Fsp3) is 0.667. The minimum Gasteiger partial charge on any atom is -0.462 e. The molecular weight excluding hydrogens is 270 g/mol. The summed E-state index contributed by atoms with van der Waals surface area (Å²) in [5, 5.41) is 9.02. The van der Waals surface area contributed by atoms with Gasteiger partial charge in [0, 0.05) is 19.2 Å². The van der Waals surface area contributed by atoms with Gasteiger partial charge < -0.3 is 14.3 Å². The number of ether oxygens (including phenoxy) is 1. The van der Waals surface area contributed by atoms with Crippen LogP contribution in [0.25, 0.3) is 0 Å². The van der Waals surface area contributed by atoms with Crippen molar-refractivity contribution in [1.82, 2.24) is 4.31 Å². The fourth-order valence-electron chi connectivity index (χ4n) is 2.77. The average Bonchev–Trinajstić information content (AvgIpc) is 2.92. The van der Waals surface area contributed by atoms with E-state index in [0.29, 0.717) is 18.8 Å². The first-order valence-corrected chi connectivity index (χ1v) is 7.80. The number of aliphatic hydroxyl groups is 1. The highest BCUT2D eigenvalue weighted by Gasteiger charge is 2.40. The first kappa shape index (κ1) is 13.1. The Morgan fingerprint density at radius 2 is 2.00 bits per heavy atom. The van der Waals surface area contributed by atoms with Crippen LogP contribution in [-0.2, 0) is 21.4 Å². The molecule has 2 aliphatic rings. The third-order valence-corrected chi connectivity index (χ3v) is 5.65. The summed E-state index contributed by atoms with van der Waals surface area (Å²) >= 11 is 0. The molecule has 1 N–H and O–H groups in total. The van der Waals surface area contributed by atoms with E-state index in [9.17, 15) is 8.42 Å². The minimum absolute atomic E-state index is 0.0121. The molecule has 2 aliphatic heterocycles. The molecule has 0 radical (unpaired) electrons. The van der Waals surface area contributed by atoms with E-state index in [2.05, 4.69) is 0 Å². The Balaban J connectivity index is 1.91. The van der Waals surface area contributed by atoms with Crippen LogP contribution in [0.4, 0.5) is 0 Å². The molecule has 3 rings (SSSR count). The summed E-state index contributed by atoms with van der Waals surface area (Å²) in [6, 6.07) is 1.40. The van der Waals surface area contributed by atoms with E-state index in [0.717, 1.165) is 12.8 Å². The molecule has 0 spiro atoms. The summed E-state index contributed by atoms with van der Waals surface area (Å²) in [6.45, 7) is 2.10. The molecule has 0 amide bonds. The summed E-state index contributed by atoms with van der Waals surface area (Å²) in [5.74, 6) is 0.593. The summed E-state index contributed by atoms with van der Waals surface area (Å²) in [5.41, 5.74) is 0. The van der Waals surface area contributed by atoms with Crippen molar-refractivity contribution in [2.75, 3.05) is 13.1 Å². The smallest absolute Gasteiger partial charge is 0.246 e. The molecule has 1 aromatic heterocycles. The van der Waals surface area contributed by atoms with E-state index in [1.54, 1.807) is 6.92 Å². The second-order valence-corrected chi connectivity index (χ2v) is 6.98. The van der Waals surface area contributed by atoms with Crippen LogP contribution in [0.15, 0.2) is 15.4 Å². The van der Waals surface area contributed by atoms with Crippen LogP contribution in [0.1, 0.15) is 24.4 Å². The maximum atomic E-state index is 12.6. The Morgan fingerprint density at radius 3 is 2.53 bits per heavy atom. The lowest BCUT2D eigenvalue weighted by atomic mass is 10.2. The first-order valence-electron chi connectivity index (χ1n) is 6.36. The van der Waals surface area contributed by atoms with E-state index < -0.39 is 10.0 Å². The van der Waals surface area contributed by atoms with Crippen molar-refractivity contribution >= 4 is 10.0 Å². The summed E-state index contributed by atoms with van der Waals surface area (Å²) in [4.78, 5) is 0.151. The molecule has 0 aliphatic carbocycles. The minimum atomic E-state index is -3.56. The topological polar surface area (TPSA) is 80.0 Å². The molecule has 1 aromatic rings. The van der Waals surface area contributed by atoms with Crippen LogP contribution in [0.5, 0.6) is 0 Å². The number of hydrogen-bond donors (Lipinski definition) is 1. The fourth-order valence-corrected chi connectivity index (χ4v) is 4.46. The molecule has 2 unspecified atom stereocenters. The van der Waals surface area contributed by atoms with Crippen LogP contribution >= 0.6 is 0 Å². The van der Waals surface area contributed by atoms with Crippen LogP contribution in [0.3, 0.4) is 0 Å². The molecule has 7 heteroatoms. The van der Waals surface area contributed by atoms with Crippen LogP contribution in [0.2, 0.25) is 0 Å². The van der Waals surface area contributed by atoms with Gasteiger partial charge in [-0.1, -0.05) is 0 Å². The van der Waals surface area contributed by atoms with Gasteiger partial charge in [-0.15, -0.1) is 0 Å². The largest absolute Gasteiger partial charge is 0.462 e. The number of nitrogens with zero attached hydrogens (tertiary/aromatic N) is 1. The van der Waals surface area contributed by atoms with Crippen molar-refractivity contribution in [3.05, 3.63) is 17.6 Å². The van der Waals surface area contributed by atoms with Gasteiger partial charge in [-0.05, 0) is 19.8 Å². The second-order valence-electron chi connectivity index (χ2n) is 5.07. The monoisotopic (exact) mass is 287 g/mol. The van der Waals surface area contributed by atoms with Crippen molar-refractivity contribution in [3.63, 3.8) is 0 Å². The SMILES string of the molecule is Cc1oc(CO)cc1S(=O)(=O)N1CC2CCC(C1)O2. The second kappa shape index (κ2) is 4.59. The average molecular weight is 287 g/mol. The number of morpholine rings is 1. The third kappa shape index (κ3) is 2.20. The highest BCUT2D eigenvalue weighted by atomic mass is 32.2. The number of aliphatic hydroxyl groups excluding tert-OH is 1. The summed E-state index contributed by atoms with van der Waals surface area (Å²) < 4.78 is 37.5. The van der Waals surface area contributed by atoms with Gasteiger partial charge in [-0.2, -0.15) is 4.31 Å². The van der Waals surface area contributed by atoms with Crippen molar-refractivity contribution in [1.29, 1.82) is 0 Å². The van der Waals surface area contributed by atoms with E-state index in [1.807, 2.05) is 0 Å². The molecule has 0 aromatic carbocycles. The van der Waals surface area contributed by atoms with Gasteiger partial charge in [-0.25, -0.2) is 8.42 Å². The van der Waals surface area contributed by atoms with Crippen molar-refractivity contribution in [2.45, 2.75) is 43.5 Å². The van der Waals surface area contributed by atoms with Gasteiger partial charge in [0.15, 0.2) is 0 Å². The van der Waals surface area contributed by atoms with Crippen molar-refractivity contribution in [2.24, 2.45) is 0 Å². The Labute approximate surface area is 112 Å². The number of hydrogen-bond acceptors (Lipinski definition) is 5. The van der Waals surface area contributed by atoms with Crippen molar-refractivity contribution in [3.8, 4) is 0 Å². The Morgan fingerprint density at radius 1 is 1.37 bits per heavy atom. The molecule has 3 heterocycles. The molecule has 2 bridgehead atoms. The van der Waals surface area contributed by atoms with Crippen LogP contribution in [0, 0.1) is 6.92 Å². The van der Waals surface area contributed by atoms with Gasteiger partial charge in [0.1, 0.15) is 23.0 Å². The Kier molecular flexibility index (Phi) is 3.17. The number of aryl methyl sites for hydroxylation is 1. The van der Waals surface area contributed by atoms with E-state index >= 15 is 0 Å². The first-order chi connectivity index (χ1) is 9.00. The van der Waals surface area contributed by atoms with E-state index in [4.69, 9.17) is 14.3 Å². The third-order valence-electron chi connectivity index (χ3n) is 3.71. The van der Waals surface area contributed by atoms with Crippen LogP contribution < -0.4 is 0 Å². The zero-order chi connectivity index (χ0) is 13.6. The lowest BCUT2D eigenvalue weighted by molar-refractivity contribution is -0.0114. The van der Waals surface area contributed by atoms with Gasteiger partial charge >= 0.3 is 0 Å². The summed E-state index contributed by atoms with van der Waals surface area (Å²) in [7, 11) is -3.56. The van der Waals surface area contributed by atoms with E-state index in [1.165, 1.54) is 10.4 Å².